The standard InChI is InChI=1S/C12H16N4O2/c1-13-7-11-14-12(16-15-11)8-4-9(17-2)6-10(5-8)18-3/h4-6,13H,7H2,1-3H3,(H,14,15,16). The van der Waals surface area contributed by atoms with Crippen LogP contribution >= 0.6 is 0 Å². The van der Waals surface area contributed by atoms with Crippen LogP contribution in [0.25, 0.3) is 11.4 Å². The van der Waals surface area contributed by atoms with Crippen molar-refractivity contribution in [3.63, 3.8) is 0 Å². The second-order valence-electron chi connectivity index (χ2n) is 3.74. The molecule has 2 N–H and O–H groups in total. The molecule has 1 heterocycles. The minimum atomic E-state index is 0.623. The number of hydrogen-bond acceptors (Lipinski definition) is 5. The maximum absolute atomic E-state index is 5.22. The van der Waals surface area contributed by atoms with Crippen molar-refractivity contribution in [1.82, 2.24) is 20.5 Å². The maximum Gasteiger partial charge on any atom is 0.181 e. The van der Waals surface area contributed by atoms with Crippen LogP contribution in [-0.4, -0.2) is 36.4 Å². The predicted octanol–water partition coefficient (Wildman–Crippen LogP) is 1.21. The Morgan fingerprint density at radius 2 is 1.83 bits per heavy atom. The highest BCUT2D eigenvalue weighted by Gasteiger charge is 2.09. The zero-order valence-corrected chi connectivity index (χ0v) is 10.7. The van der Waals surface area contributed by atoms with Crippen molar-refractivity contribution in [2.45, 2.75) is 6.54 Å². The van der Waals surface area contributed by atoms with Gasteiger partial charge in [-0.25, -0.2) is 4.98 Å². The van der Waals surface area contributed by atoms with E-state index in [0.717, 1.165) is 11.4 Å². The SMILES string of the molecule is CNCc1nc(-c2cc(OC)cc(OC)c2)n[nH]1. The van der Waals surface area contributed by atoms with Gasteiger partial charge >= 0.3 is 0 Å². The monoisotopic (exact) mass is 248 g/mol. The summed E-state index contributed by atoms with van der Waals surface area (Å²) in [5, 5.41) is 10.1. The van der Waals surface area contributed by atoms with Crippen LogP contribution in [0.4, 0.5) is 0 Å². The summed E-state index contributed by atoms with van der Waals surface area (Å²) >= 11 is 0. The third-order valence-electron chi connectivity index (χ3n) is 2.49. The summed E-state index contributed by atoms with van der Waals surface area (Å²) in [6, 6.07) is 5.55. The number of rotatable bonds is 5. The first-order chi connectivity index (χ1) is 8.76. The average molecular weight is 248 g/mol. The second kappa shape index (κ2) is 5.50. The predicted molar refractivity (Wildman–Crippen MR) is 67.7 cm³/mol. The van der Waals surface area contributed by atoms with Crippen LogP contribution in [0.1, 0.15) is 5.82 Å². The molecule has 0 aliphatic carbocycles. The van der Waals surface area contributed by atoms with Gasteiger partial charge in [-0.2, -0.15) is 5.10 Å². The van der Waals surface area contributed by atoms with Crippen molar-refractivity contribution < 1.29 is 9.47 Å². The zero-order chi connectivity index (χ0) is 13.0. The molecular formula is C12H16N4O2. The van der Waals surface area contributed by atoms with E-state index in [1.807, 2.05) is 25.2 Å². The van der Waals surface area contributed by atoms with Crippen LogP contribution in [0.15, 0.2) is 18.2 Å². The highest BCUT2D eigenvalue weighted by molar-refractivity contribution is 5.60. The number of nitrogens with zero attached hydrogens (tertiary/aromatic N) is 2. The van der Waals surface area contributed by atoms with Crippen LogP contribution in [0.2, 0.25) is 0 Å². The number of benzene rings is 1. The molecule has 18 heavy (non-hydrogen) atoms. The molecular weight excluding hydrogens is 232 g/mol. The molecule has 0 saturated heterocycles. The third kappa shape index (κ3) is 2.60. The van der Waals surface area contributed by atoms with Gasteiger partial charge < -0.3 is 14.8 Å². The minimum absolute atomic E-state index is 0.623. The molecule has 2 rings (SSSR count). The lowest BCUT2D eigenvalue weighted by Crippen LogP contribution is -2.06. The number of aromatic amines is 1. The summed E-state index contributed by atoms with van der Waals surface area (Å²) in [6.45, 7) is 0.647. The van der Waals surface area contributed by atoms with E-state index in [-0.39, 0.29) is 0 Å². The molecule has 6 heteroatoms. The summed E-state index contributed by atoms with van der Waals surface area (Å²) in [4.78, 5) is 4.38. The Kier molecular flexibility index (Phi) is 3.78. The summed E-state index contributed by atoms with van der Waals surface area (Å²) in [7, 11) is 5.09. The fourth-order valence-corrected chi connectivity index (χ4v) is 1.61. The molecule has 0 bridgehead atoms. The summed E-state index contributed by atoms with van der Waals surface area (Å²) < 4.78 is 10.4. The number of ether oxygens (including phenoxy) is 2. The lowest BCUT2D eigenvalue weighted by Gasteiger charge is -2.05. The van der Waals surface area contributed by atoms with E-state index in [1.54, 1.807) is 14.2 Å². The molecule has 0 amide bonds. The molecule has 1 aromatic carbocycles. The van der Waals surface area contributed by atoms with Crippen molar-refractivity contribution >= 4 is 0 Å². The van der Waals surface area contributed by atoms with Crippen molar-refractivity contribution in [3.05, 3.63) is 24.0 Å². The van der Waals surface area contributed by atoms with E-state index in [1.165, 1.54) is 0 Å². The lowest BCUT2D eigenvalue weighted by atomic mass is 10.2. The minimum Gasteiger partial charge on any atom is -0.497 e. The van der Waals surface area contributed by atoms with Gasteiger partial charge in [-0.05, 0) is 19.2 Å². The van der Waals surface area contributed by atoms with E-state index in [2.05, 4.69) is 20.5 Å². The van der Waals surface area contributed by atoms with E-state index in [0.29, 0.717) is 23.9 Å². The Hall–Kier alpha value is -2.08. The van der Waals surface area contributed by atoms with Gasteiger partial charge in [0.05, 0.1) is 20.8 Å². The fourth-order valence-electron chi connectivity index (χ4n) is 1.61. The van der Waals surface area contributed by atoms with E-state index in [9.17, 15) is 0 Å². The molecule has 0 spiro atoms. The largest absolute Gasteiger partial charge is 0.497 e. The van der Waals surface area contributed by atoms with E-state index < -0.39 is 0 Å². The molecule has 0 saturated carbocycles. The van der Waals surface area contributed by atoms with Crippen molar-refractivity contribution in [3.8, 4) is 22.9 Å². The first kappa shape index (κ1) is 12.4. The number of nitrogens with one attached hydrogen (secondary N) is 2. The normalized spacial score (nSPS) is 10.4. The first-order valence-corrected chi connectivity index (χ1v) is 5.56. The number of hydrogen-bond donors (Lipinski definition) is 2. The molecule has 0 radical (unpaired) electrons. The Morgan fingerprint density at radius 1 is 1.17 bits per heavy atom. The van der Waals surface area contributed by atoms with Gasteiger partial charge in [0, 0.05) is 11.6 Å². The smallest absolute Gasteiger partial charge is 0.181 e. The highest BCUT2D eigenvalue weighted by atomic mass is 16.5. The molecule has 0 atom stereocenters. The van der Waals surface area contributed by atoms with E-state index in [4.69, 9.17) is 9.47 Å². The van der Waals surface area contributed by atoms with E-state index >= 15 is 0 Å². The summed E-state index contributed by atoms with van der Waals surface area (Å²) in [5.41, 5.74) is 0.852. The third-order valence-corrected chi connectivity index (χ3v) is 2.49. The van der Waals surface area contributed by atoms with Crippen LogP contribution in [0, 0.1) is 0 Å². The van der Waals surface area contributed by atoms with Gasteiger partial charge in [-0.3, -0.25) is 5.10 Å². The Bertz CT molecular complexity index is 502. The maximum atomic E-state index is 5.22. The summed E-state index contributed by atoms with van der Waals surface area (Å²) in [6.07, 6.45) is 0. The summed E-state index contributed by atoms with van der Waals surface area (Å²) in [5.74, 6) is 2.83. The number of aromatic nitrogens is 3. The Labute approximate surface area is 105 Å². The van der Waals surface area contributed by atoms with Gasteiger partial charge in [0.25, 0.3) is 0 Å². The molecule has 0 aliphatic rings. The molecule has 0 aliphatic heterocycles. The topological polar surface area (TPSA) is 72.1 Å². The van der Waals surface area contributed by atoms with Gasteiger partial charge in [-0.15, -0.1) is 0 Å². The van der Waals surface area contributed by atoms with Crippen LogP contribution in [-0.2, 0) is 6.54 Å². The van der Waals surface area contributed by atoms with Crippen molar-refractivity contribution in [2.24, 2.45) is 0 Å². The number of methoxy groups -OCH3 is 2. The average Bonchev–Trinajstić information content (AvgIpc) is 2.87. The van der Waals surface area contributed by atoms with Crippen molar-refractivity contribution in [2.75, 3.05) is 21.3 Å². The highest BCUT2D eigenvalue weighted by Crippen LogP contribution is 2.27. The van der Waals surface area contributed by atoms with Crippen LogP contribution in [0.3, 0.4) is 0 Å². The quantitative estimate of drug-likeness (QED) is 0.832. The van der Waals surface area contributed by atoms with Crippen molar-refractivity contribution in [1.29, 1.82) is 0 Å². The molecule has 1 aromatic heterocycles. The molecule has 0 fully saturated rings. The van der Waals surface area contributed by atoms with Crippen LogP contribution in [0.5, 0.6) is 11.5 Å². The Morgan fingerprint density at radius 3 is 2.39 bits per heavy atom. The fraction of sp³-hybridized carbons (Fsp3) is 0.333. The molecule has 0 unspecified atom stereocenters. The van der Waals surface area contributed by atoms with Crippen LogP contribution < -0.4 is 14.8 Å². The van der Waals surface area contributed by atoms with Gasteiger partial charge in [0.2, 0.25) is 0 Å². The molecule has 2 aromatic rings. The zero-order valence-electron chi connectivity index (χ0n) is 10.7. The van der Waals surface area contributed by atoms with Gasteiger partial charge in [0.1, 0.15) is 17.3 Å². The molecule has 96 valence electrons. The second-order valence-corrected chi connectivity index (χ2v) is 3.74. The number of H-pyrrole nitrogens is 1. The Balaban J connectivity index is 2.35. The van der Waals surface area contributed by atoms with Gasteiger partial charge in [-0.1, -0.05) is 0 Å². The molecule has 6 nitrogen and oxygen atoms in total. The van der Waals surface area contributed by atoms with Gasteiger partial charge in [0.15, 0.2) is 5.82 Å². The first-order valence-electron chi connectivity index (χ1n) is 5.56. The lowest BCUT2D eigenvalue weighted by molar-refractivity contribution is 0.394.